The summed E-state index contributed by atoms with van der Waals surface area (Å²) in [5.41, 5.74) is -0.381. The highest BCUT2D eigenvalue weighted by atomic mass is 127. The van der Waals surface area contributed by atoms with Crippen LogP contribution in [0.15, 0.2) is 6.07 Å². The molecule has 0 bridgehead atoms. The molecule has 0 aliphatic heterocycles. The molecule has 1 heterocycles. The van der Waals surface area contributed by atoms with Crippen LogP contribution >= 0.6 is 22.6 Å². The van der Waals surface area contributed by atoms with Crippen molar-refractivity contribution in [1.29, 1.82) is 0 Å². The van der Waals surface area contributed by atoms with Gasteiger partial charge in [0.2, 0.25) is 0 Å². The molecule has 0 radical (unpaired) electrons. The lowest BCUT2D eigenvalue weighted by Gasteiger charge is -2.12. The number of carbonyl (C=O) groups excluding carboxylic acids is 1. The number of hydrogen-bond donors (Lipinski definition) is 0. The maximum atomic E-state index is 12.9. The number of alkyl halides is 2. The van der Waals surface area contributed by atoms with E-state index in [9.17, 15) is 13.6 Å². The number of pyridine rings is 1. The minimum atomic E-state index is -2.76. The van der Waals surface area contributed by atoms with Gasteiger partial charge in [-0.25, -0.2) is 13.8 Å². The molecule has 0 unspecified atom stereocenters. The lowest BCUT2D eigenvalue weighted by Crippen LogP contribution is -2.11. The van der Waals surface area contributed by atoms with Crippen LogP contribution in [0.5, 0.6) is 5.75 Å². The number of methoxy groups -OCH3 is 2. The van der Waals surface area contributed by atoms with Gasteiger partial charge in [0.05, 0.1) is 31.9 Å². The molecule has 1 aromatic rings. The van der Waals surface area contributed by atoms with E-state index in [-0.39, 0.29) is 23.4 Å². The predicted octanol–water partition coefficient (Wildman–Crippen LogP) is 2.35. The molecule has 7 heteroatoms. The second kappa shape index (κ2) is 6.08. The van der Waals surface area contributed by atoms with E-state index in [1.807, 2.05) is 22.6 Å². The normalized spacial score (nSPS) is 10.5. The van der Waals surface area contributed by atoms with E-state index >= 15 is 0 Å². The first-order chi connectivity index (χ1) is 7.99. The molecular formula is C10H10F2INO3. The third-order valence-electron chi connectivity index (χ3n) is 2.05. The van der Waals surface area contributed by atoms with Crippen molar-refractivity contribution in [1.82, 2.24) is 4.98 Å². The molecule has 94 valence electrons. The van der Waals surface area contributed by atoms with E-state index in [0.29, 0.717) is 3.70 Å². The largest absolute Gasteiger partial charge is 0.496 e. The molecule has 1 aromatic heterocycles. The molecule has 0 fully saturated rings. The fourth-order valence-electron chi connectivity index (χ4n) is 1.30. The van der Waals surface area contributed by atoms with Crippen LogP contribution in [0.2, 0.25) is 0 Å². The molecule has 0 N–H and O–H groups in total. The van der Waals surface area contributed by atoms with Crippen LogP contribution in [0.4, 0.5) is 8.78 Å². The van der Waals surface area contributed by atoms with E-state index in [2.05, 4.69) is 9.72 Å². The number of hydrogen-bond acceptors (Lipinski definition) is 4. The van der Waals surface area contributed by atoms with E-state index < -0.39 is 12.4 Å². The molecule has 17 heavy (non-hydrogen) atoms. The molecule has 0 aliphatic rings. The van der Waals surface area contributed by atoms with Crippen molar-refractivity contribution in [2.24, 2.45) is 0 Å². The van der Waals surface area contributed by atoms with Gasteiger partial charge in [-0.2, -0.15) is 0 Å². The van der Waals surface area contributed by atoms with Crippen molar-refractivity contribution in [3.05, 3.63) is 21.0 Å². The molecule has 0 atom stereocenters. The van der Waals surface area contributed by atoms with Gasteiger partial charge >= 0.3 is 5.97 Å². The van der Waals surface area contributed by atoms with Crippen molar-refractivity contribution in [2.75, 3.05) is 14.2 Å². The number of halogens is 3. The zero-order valence-electron chi connectivity index (χ0n) is 9.17. The summed E-state index contributed by atoms with van der Waals surface area (Å²) in [6, 6.07) is 1.39. The van der Waals surface area contributed by atoms with Crippen molar-refractivity contribution in [3.63, 3.8) is 0 Å². The first kappa shape index (κ1) is 14.1. The molecular weight excluding hydrogens is 347 g/mol. The quantitative estimate of drug-likeness (QED) is 0.472. The minimum absolute atomic E-state index is 0.0180. The Kier molecular flexibility index (Phi) is 5.03. The van der Waals surface area contributed by atoms with Gasteiger partial charge in [0.15, 0.2) is 0 Å². The van der Waals surface area contributed by atoms with E-state index in [0.717, 1.165) is 0 Å². The standard InChI is InChI=1S/C10H10F2INO3/c1-16-6-4-7(13)14-5(3-8(15)17-2)9(6)10(11)12/h4,10H,3H2,1-2H3. The Labute approximate surface area is 110 Å². The smallest absolute Gasteiger partial charge is 0.311 e. The average molecular weight is 357 g/mol. The van der Waals surface area contributed by atoms with Crippen LogP contribution in [0, 0.1) is 3.70 Å². The number of aromatic nitrogens is 1. The molecule has 0 aromatic carbocycles. The van der Waals surface area contributed by atoms with Crippen LogP contribution in [0.3, 0.4) is 0 Å². The van der Waals surface area contributed by atoms with Gasteiger partial charge in [0, 0.05) is 6.07 Å². The Bertz CT molecular complexity index is 426. The van der Waals surface area contributed by atoms with E-state index in [4.69, 9.17) is 4.74 Å². The van der Waals surface area contributed by atoms with Gasteiger partial charge < -0.3 is 9.47 Å². The average Bonchev–Trinajstić information content (AvgIpc) is 2.27. The Morgan fingerprint density at radius 1 is 1.53 bits per heavy atom. The zero-order chi connectivity index (χ0) is 13.0. The summed E-state index contributed by atoms with van der Waals surface area (Å²) in [6.07, 6.45) is -3.06. The summed E-state index contributed by atoms with van der Waals surface area (Å²) in [6.45, 7) is 0. The second-order valence-electron chi connectivity index (χ2n) is 3.06. The molecule has 0 spiro atoms. The van der Waals surface area contributed by atoms with Gasteiger partial charge in [-0.05, 0) is 22.6 Å². The number of carbonyl (C=O) groups is 1. The Hall–Kier alpha value is -0.990. The summed E-state index contributed by atoms with van der Waals surface area (Å²) < 4.78 is 35.5. The highest BCUT2D eigenvalue weighted by Gasteiger charge is 2.23. The summed E-state index contributed by atoms with van der Waals surface area (Å²) in [4.78, 5) is 15.0. The van der Waals surface area contributed by atoms with Crippen LogP contribution in [-0.2, 0) is 16.0 Å². The van der Waals surface area contributed by atoms with Crippen LogP contribution < -0.4 is 4.74 Å². The monoisotopic (exact) mass is 357 g/mol. The van der Waals surface area contributed by atoms with Crippen LogP contribution in [-0.4, -0.2) is 25.2 Å². The zero-order valence-corrected chi connectivity index (χ0v) is 11.3. The van der Waals surface area contributed by atoms with Gasteiger partial charge in [-0.15, -0.1) is 0 Å². The summed E-state index contributed by atoms with van der Waals surface area (Å²) in [5.74, 6) is -0.596. The van der Waals surface area contributed by atoms with Crippen molar-refractivity contribution >= 4 is 28.6 Å². The van der Waals surface area contributed by atoms with Gasteiger partial charge in [0.1, 0.15) is 9.45 Å². The Balaban J connectivity index is 3.25. The van der Waals surface area contributed by atoms with Crippen LogP contribution in [0.1, 0.15) is 17.7 Å². The molecule has 0 aliphatic carbocycles. The van der Waals surface area contributed by atoms with E-state index in [1.54, 1.807) is 0 Å². The SMILES string of the molecule is COC(=O)Cc1nc(I)cc(OC)c1C(F)F. The number of ether oxygens (including phenoxy) is 2. The number of nitrogens with zero attached hydrogens (tertiary/aromatic N) is 1. The van der Waals surface area contributed by atoms with Crippen molar-refractivity contribution in [3.8, 4) is 5.75 Å². The predicted molar refractivity (Wildman–Crippen MR) is 64.2 cm³/mol. The third-order valence-corrected chi connectivity index (χ3v) is 2.60. The maximum absolute atomic E-state index is 12.9. The minimum Gasteiger partial charge on any atom is -0.496 e. The fraction of sp³-hybridized carbons (Fsp3) is 0.400. The fourth-order valence-corrected chi connectivity index (χ4v) is 1.87. The van der Waals surface area contributed by atoms with Gasteiger partial charge in [-0.1, -0.05) is 0 Å². The molecule has 0 saturated carbocycles. The Morgan fingerprint density at radius 2 is 2.18 bits per heavy atom. The molecule has 0 amide bonds. The molecule has 1 rings (SSSR count). The Morgan fingerprint density at radius 3 is 2.65 bits per heavy atom. The summed E-state index contributed by atoms with van der Waals surface area (Å²) in [5, 5.41) is 0. The summed E-state index contributed by atoms with van der Waals surface area (Å²) >= 11 is 1.87. The number of esters is 1. The number of rotatable bonds is 4. The summed E-state index contributed by atoms with van der Waals surface area (Å²) in [7, 11) is 2.48. The topological polar surface area (TPSA) is 48.4 Å². The lowest BCUT2D eigenvalue weighted by molar-refractivity contribution is -0.139. The highest BCUT2D eigenvalue weighted by molar-refractivity contribution is 14.1. The lowest BCUT2D eigenvalue weighted by atomic mass is 10.1. The van der Waals surface area contributed by atoms with Gasteiger partial charge in [-0.3, -0.25) is 4.79 Å². The van der Waals surface area contributed by atoms with Crippen molar-refractivity contribution in [2.45, 2.75) is 12.8 Å². The van der Waals surface area contributed by atoms with Crippen molar-refractivity contribution < 1.29 is 23.0 Å². The first-order valence-corrected chi connectivity index (χ1v) is 5.65. The first-order valence-electron chi connectivity index (χ1n) is 4.57. The van der Waals surface area contributed by atoms with Crippen LogP contribution in [0.25, 0.3) is 0 Å². The second-order valence-corrected chi connectivity index (χ2v) is 4.17. The van der Waals surface area contributed by atoms with E-state index in [1.165, 1.54) is 20.3 Å². The molecule has 4 nitrogen and oxygen atoms in total. The third kappa shape index (κ3) is 3.48. The van der Waals surface area contributed by atoms with Gasteiger partial charge in [0.25, 0.3) is 6.43 Å². The molecule has 0 saturated heterocycles. The maximum Gasteiger partial charge on any atom is 0.311 e. The highest BCUT2D eigenvalue weighted by Crippen LogP contribution is 2.32.